The van der Waals surface area contributed by atoms with Gasteiger partial charge in [-0.2, -0.15) is 0 Å². The van der Waals surface area contributed by atoms with Gasteiger partial charge in [0.05, 0.1) is 13.2 Å². The molecule has 1 fully saturated rings. The fourth-order valence-electron chi connectivity index (χ4n) is 13.7. The minimum Gasteiger partial charge on any atom is -0.491 e. The molecule has 0 heterocycles. The number of likely N-dealkylation sites (N-methyl/N-ethyl adjacent to an activating group) is 1. The van der Waals surface area contributed by atoms with E-state index >= 15 is 0 Å². The van der Waals surface area contributed by atoms with Gasteiger partial charge >= 0.3 is 13.3 Å². The third-order valence-electron chi connectivity index (χ3n) is 20.4. The Kier molecular flexibility index (Phi) is 47.7. The second kappa shape index (κ2) is 55.8. The summed E-state index contributed by atoms with van der Waals surface area (Å²) in [5.74, 6) is -2.08. The zero-order chi connectivity index (χ0) is 98.6. The van der Waals surface area contributed by atoms with Crippen molar-refractivity contribution in [3.63, 3.8) is 0 Å². The largest absolute Gasteiger partial charge is 0.491 e. The number of nitrogens with zero attached hydrogens (tertiary/aromatic N) is 2. The number of aliphatic hydroxyl groups excluding tert-OH is 1. The van der Waals surface area contributed by atoms with Gasteiger partial charge in [0.1, 0.15) is 35.8 Å². The van der Waals surface area contributed by atoms with Gasteiger partial charge in [-0.25, -0.2) is 4.79 Å². The highest BCUT2D eigenvalue weighted by molar-refractivity contribution is 7.93. The van der Waals surface area contributed by atoms with Gasteiger partial charge in [0.15, 0.2) is 17.3 Å². The lowest BCUT2D eigenvalue weighted by atomic mass is 9.79. The van der Waals surface area contributed by atoms with Crippen LogP contribution in [0.25, 0.3) is 0 Å². The van der Waals surface area contributed by atoms with Crippen molar-refractivity contribution >= 4 is 76.5 Å². The highest BCUT2D eigenvalue weighted by Gasteiger charge is 2.43. The number of ketones is 4. The fourth-order valence-corrected chi connectivity index (χ4v) is 18.4. The predicted octanol–water partition coefficient (Wildman–Crippen LogP) is 18.7. The van der Waals surface area contributed by atoms with Gasteiger partial charge in [-0.1, -0.05) is 268 Å². The number of ether oxygens (including phenoxy) is 4. The molecule has 0 spiro atoms. The van der Waals surface area contributed by atoms with Crippen molar-refractivity contribution in [1.29, 1.82) is 0 Å². The van der Waals surface area contributed by atoms with E-state index in [1.165, 1.54) is 41.9 Å². The number of rotatable bonds is 32. The number of aliphatic hydroxyl groups is 4. The molecule has 5 N–H and O–H groups in total. The van der Waals surface area contributed by atoms with Gasteiger partial charge in [0.25, 0.3) is 11.3 Å². The minimum absolute atomic E-state index is 0.0474. The van der Waals surface area contributed by atoms with E-state index in [4.69, 9.17) is 28.6 Å². The summed E-state index contributed by atoms with van der Waals surface area (Å²) in [5.41, 5.74) is 6.06. The third kappa shape index (κ3) is 35.3. The summed E-state index contributed by atoms with van der Waals surface area (Å²) in [7, 11) is 3.78. The number of methoxy groups -OCH3 is 2. The Bertz CT molecular complexity index is 5330. The molecule has 1 unspecified atom stereocenters. The topological polar surface area (TPSA) is 316 Å². The van der Waals surface area contributed by atoms with Crippen molar-refractivity contribution in [3.8, 4) is 5.75 Å². The summed E-state index contributed by atoms with van der Waals surface area (Å²) in [6.07, 6.45) is 5.24. The Hall–Kier alpha value is -11.5. The lowest BCUT2D eigenvalue weighted by Crippen LogP contribution is -2.40. The molecule has 0 radical (unpaired) electrons. The van der Waals surface area contributed by atoms with Crippen LogP contribution in [-0.4, -0.2) is 182 Å². The molecule has 10 aromatic carbocycles. The molecule has 1 saturated carbocycles. The van der Waals surface area contributed by atoms with Gasteiger partial charge in [0, 0.05) is 93.3 Å². The normalized spacial score (nSPS) is 12.4. The van der Waals surface area contributed by atoms with E-state index in [-0.39, 0.29) is 60.4 Å². The zero-order valence-electron chi connectivity index (χ0n) is 80.1. The van der Waals surface area contributed by atoms with Crippen LogP contribution >= 0.6 is 14.5 Å². The average Bonchev–Trinajstić information content (AvgIpc) is 0.779. The Morgan fingerprint density at radius 3 is 1.20 bits per heavy atom. The number of aryl methyl sites for hydroxylation is 6. The predicted molar refractivity (Wildman–Crippen MR) is 529 cm³/mol. The quantitative estimate of drug-likeness (QED) is 0.00653. The number of carbonyl (C=O) groups is 8. The number of amides is 1. The second-order valence-electron chi connectivity index (χ2n) is 33.3. The van der Waals surface area contributed by atoms with E-state index < -0.39 is 42.6 Å². The molecule has 0 saturated heterocycles. The molecule has 0 bridgehead atoms. The van der Waals surface area contributed by atoms with Crippen LogP contribution in [0.2, 0.25) is 0 Å². The first-order valence-electron chi connectivity index (χ1n) is 43.7. The summed E-state index contributed by atoms with van der Waals surface area (Å²) in [6, 6.07) is 77.2. The Balaban J connectivity index is 0.000000321. The number of benzene rings is 10. The Labute approximate surface area is 781 Å². The lowest BCUT2D eigenvalue weighted by Gasteiger charge is -2.30. The maximum Gasteiger partial charge on any atom is 0.333 e. The summed E-state index contributed by atoms with van der Waals surface area (Å²) < 4.78 is 53.8. The van der Waals surface area contributed by atoms with E-state index in [0.29, 0.717) is 91.2 Å². The smallest absolute Gasteiger partial charge is 0.333 e. The number of nitrogens with one attached hydrogen (secondary N) is 1. The number of hydrogen-bond acceptors (Lipinski definition) is 21. The van der Waals surface area contributed by atoms with Crippen LogP contribution in [0.1, 0.15) is 188 Å². The van der Waals surface area contributed by atoms with Crippen LogP contribution in [0.5, 0.6) is 5.75 Å². The highest BCUT2D eigenvalue weighted by Crippen LogP contribution is 2.51. The molecule has 11 rings (SSSR count). The molecule has 24 heteroatoms. The van der Waals surface area contributed by atoms with Crippen LogP contribution in [0.3, 0.4) is 0 Å². The van der Waals surface area contributed by atoms with Crippen LogP contribution in [0.4, 0.5) is 0 Å². The van der Waals surface area contributed by atoms with E-state index in [2.05, 4.69) is 23.4 Å². The SMILES string of the molecule is C=C(C)C(=O)NCCCN(C)C.C=C(C)C(=O)OCCN(C)C.CC(C)(O)C(=O)c1ccc(OCCO)cc1.CC(C)(O)C(=O)c1ccccc1.CCOP(=O)(C(=O)c1c(C)cc(C)cc1C)c1ccccc1.COC(OC)(C(=O)c1ccccc1)c1ccccc1.Cc1cc(C)c(C(=O)P(=O)(c2ccccc2)c2ccccc2)c(C)c1.O=C(c1ccccc1)C1(O)CCCCC1. The minimum atomic E-state index is -3.59. The van der Waals surface area contributed by atoms with Crippen molar-refractivity contribution in [2.75, 3.05) is 88.5 Å². The molecule has 1 aliphatic rings. The summed E-state index contributed by atoms with van der Waals surface area (Å²) in [4.78, 5) is 100. The second-order valence-corrected chi connectivity index (χ2v) is 38.2. The molecule has 22 nitrogen and oxygen atoms in total. The monoisotopic (exact) mass is 1840 g/mol. The van der Waals surface area contributed by atoms with Gasteiger partial charge in [-0.3, -0.25) is 38.1 Å². The zero-order valence-corrected chi connectivity index (χ0v) is 81.9. The van der Waals surface area contributed by atoms with E-state index in [1.807, 2.05) is 214 Å². The number of esters is 1. The highest BCUT2D eigenvalue weighted by atomic mass is 31.2. The van der Waals surface area contributed by atoms with Crippen LogP contribution in [0.15, 0.2) is 285 Å². The van der Waals surface area contributed by atoms with Crippen molar-refractivity contribution in [1.82, 2.24) is 15.1 Å². The number of carbonyl (C=O) groups excluding carboxylic acids is 8. The molecule has 10 aromatic rings. The molecular formula is C108H135N3O19P2. The van der Waals surface area contributed by atoms with E-state index in [1.54, 1.807) is 142 Å². The first-order valence-corrected chi connectivity index (χ1v) is 47.0. The van der Waals surface area contributed by atoms with Crippen molar-refractivity contribution in [2.45, 2.75) is 151 Å². The van der Waals surface area contributed by atoms with Gasteiger partial charge in [0.2, 0.25) is 24.4 Å². The van der Waals surface area contributed by atoms with Crippen molar-refractivity contribution in [3.05, 3.63) is 357 Å². The number of hydrogen-bond donors (Lipinski definition) is 5. The van der Waals surface area contributed by atoms with Gasteiger partial charge in [-0.05, 0) is 203 Å². The summed E-state index contributed by atoms with van der Waals surface area (Å²) >= 11 is 0. The fraction of sp³-hybridized carbons (Fsp3) is 0.333. The number of Topliss-reactive ketones (excluding diaryl/α,β-unsaturated/α-hetero) is 4. The summed E-state index contributed by atoms with van der Waals surface area (Å²) in [5, 5.41) is 42.1. The average molecular weight is 1840 g/mol. The molecule has 706 valence electrons. The molecule has 1 atom stereocenters. The van der Waals surface area contributed by atoms with Crippen molar-refractivity contribution in [2.24, 2.45) is 0 Å². The molecular weight excluding hydrogens is 1710 g/mol. The first-order chi connectivity index (χ1) is 62.3. The third-order valence-corrected chi connectivity index (χ3v) is 25.6. The van der Waals surface area contributed by atoms with Gasteiger partial charge < -0.3 is 63.6 Å². The van der Waals surface area contributed by atoms with Crippen LogP contribution in [-0.2, 0) is 43.2 Å². The standard InChI is InChI=1S/C22H21O2P.C18H21O3P.C16H16O3.C13H16O2.C12H16O4.C10H12O2.C9H18N2O.C8H15NO2/c1-16-14-17(2)21(18(3)15-16)22(23)25(24,19-10-6-4-7-11-19)20-12-8-5-9-13-20;1-5-21-22(20,16-9-7-6-8-10-16)18(19)17-14(3)11-13(2)12-15(17)4;1-18-16(19-2,14-11-7-4-8-12-14)15(17)13-9-5-3-6-10-13;14-12(11-7-3-1-4-8-11)13(15)9-5-2-6-10-13;1-12(2,15)11(14)9-3-5-10(6-4-9)16-8-7-13;1-10(2,12)9(11)8-6-4-3-5-7-8;1-8(2)9(12)10-6-5-7-11(3)4;1-7(2)8(10)11-6-5-9(3)4/h4-15H,1-3H3;6-12H,5H2,1-4H3;3-12H,1-2H3;1,3-4,7-8,15H,2,5-6,9-10H2;3-6,13,15H,7-8H2,1-2H3;3-7,12H,1-2H3;1,5-7H2,2-4H3,(H,10,12);1,5-6H2,2-4H3. The van der Waals surface area contributed by atoms with Crippen LogP contribution in [0, 0.1) is 41.5 Å². The first kappa shape index (κ1) is 113. The van der Waals surface area contributed by atoms with E-state index in [9.17, 15) is 62.8 Å². The van der Waals surface area contributed by atoms with Gasteiger partial charge in [-0.15, -0.1) is 0 Å². The van der Waals surface area contributed by atoms with Crippen molar-refractivity contribution < 1.29 is 91.4 Å². The molecule has 1 amide bonds. The molecule has 132 heavy (non-hydrogen) atoms. The Morgan fingerprint density at radius 2 is 0.833 bits per heavy atom. The maximum absolute atomic E-state index is 14.2. The lowest BCUT2D eigenvalue weighted by molar-refractivity contribution is -0.176. The maximum atomic E-state index is 14.2. The molecule has 0 aromatic heterocycles. The van der Waals surface area contributed by atoms with Crippen LogP contribution < -0.4 is 26.0 Å². The Morgan fingerprint density at radius 1 is 0.470 bits per heavy atom. The summed E-state index contributed by atoms with van der Waals surface area (Å²) in [6.45, 7) is 32.8. The van der Waals surface area contributed by atoms with E-state index in [0.717, 1.165) is 78.7 Å². The molecule has 1 aliphatic carbocycles. The molecule has 0 aliphatic heterocycles.